The van der Waals surface area contributed by atoms with Crippen LogP contribution in [0.5, 0.6) is 5.75 Å². The third-order valence-electron chi connectivity index (χ3n) is 3.47. The van der Waals surface area contributed by atoms with Gasteiger partial charge in [0.25, 0.3) is 0 Å². The van der Waals surface area contributed by atoms with Crippen LogP contribution >= 0.6 is 0 Å². The Kier molecular flexibility index (Phi) is 4.42. The minimum absolute atomic E-state index is 0.301. The Hall–Kier alpha value is -1.29. The van der Waals surface area contributed by atoms with Gasteiger partial charge in [0, 0.05) is 24.8 Å². The lowest BCUT2D eigenvalue weighted by molar-refractivity contribution is 0.386. The molecule has 0 aromatic heterocycles. The number of anilines is 1. The Morgan fingerprint density at radius 3 is 3.06 bits per heavy atom. The molecule has 0 amide bonds. The lowest BCUT2D eigenvalue weighted by Gasteiger charge is -2.19. The number of rotatable bonds is 5. The summed E-state index contributed by atoms with van der Waals surface area (Å²) < 4.78 is 18.4. The largest absolute Gasteiger partial charge is 0.494 e. The first-order chi connectivity index (χ1) is 8.74. The Bertz CT molecular complexity index is 397. The number of nitrogens with zero attached hydrogens (tertiary/aromatic N) is 1. The Morgan fingerprint density at radius 1 is 1.50 bits per heavy atom. The topological polar surface area (TPSA) is 24.5 Å². The second-order valence-corrected chi connectivity index (χ2v) is 4.73. The number of hydrogen-bond acceptors (Lipinski definition) is 3. The maximum absolute atomic E-state index is 13.3. The molecule has 100 valence electrons. The second kappa shape index (κ2) is 6.05. The number of nitrogens with one attached hydrogen (secondary N) is 1. The van der Waals surface area contributed by atoms with E-state index >= 15 is 0 Å². The Labute approximate surface area is 108 Å². The van der Waals surface area contributed by atoms with E-state index in [1.165, 1.54) is 19.6 Å². The third kappa shape index (κ3) is 2.93. The first kappa shape index (κ1) is 13.1. The highest BCUT2D eigenvalue weighted by Crippen LogP contribution is 2.28. The minimum atomic E-state index is -0.301. The Morgan fingerprint density at radius 2 is 2.33 bits per heavy atom. The van der Waals surface area contributed by atoms with Crippen molar-refractivity contribution in [2.24, 2.45) is 5.92 Å². The number of halogens is 1. The third-order valence-corrected chi connectivity index (χ3v) is 3.47. The molecule has 0 radical (unpaired) electrons. The van der Waals surface area contributed by atoms with Crippen LogP contribution in [0.2, 0.25) is 0 Å². The zero-order valence-corrected chi connectivity index (χ0v) is 11.1. The summed E-state index contributed by atoms with van der Waals surface area (Å²) in [6.07, 6.45) is 1.19. The van der Waals surface area contributed by atoms with E-state index in [0.717, 1.165) is 31.9 Å². The maximum Gasteiger partial charge on any atom is 0.165 e. The zero-order valence-electron chi connectivity index (χ0n) is 11.1. The van der Waals surface area contributed by atoms with Crippen molar-refractivity contribution < 1.29 is 9.13 Å². The molecule has 0 aliphatic carbocycles. The molecular weight excluding hydrogens is 231 g/mol. The van der Waals surface area contributed by atoms with Crippen molar-refractivity contribution in [1.82, 2.24) is 5.32 Å². The van der Waals surface area contributed by atoms with Crippen LogP contribution in [0.4, 0.5) is 10.1 Å². The van der Waals surface area contributed by atoms with Gasteiger partial charge < -0.3 is 15.0 Å². The van der Waals surface area contributed by atoms with Crippen LogP contribution in [0.1, 0.15) is 13.3 Å². The van der Waals surface area contributed by atoms with Gasteiger partial charge in [-0.1, -0.05) is 6.92 Å². The summed E-state index contributed by atoms with van der Waals surface area (Å²) in [4.78, 5) is 2.30. The van der Waals surface area contributed by atoms with E-state index < -0.39 is 0 Å². The molecule has 1 saturated heterocycles. The summed E-state index contributed by atoms with van der Waals surface area (Å²) in [6.45, 7) is 6.26. The molecule has 4 heteroatoms. The predicted molar refractivity (Wildman–Crippen MR) is 71.8 cm³/mol. The first-order valence-corrected chi connectivity index (χ1v) is 6.53. The molecule has 1 aromatic carbocycles. The van der Waals surface area contributed by atoms with E-state index in [1.54, 1.807) is 6.07 Å². The lowest BCUT2D eigenvalue weighted by Crippen LogP contribution is -2.26. The lowest BCUT2D eigenvalue weighted by atomic mass is 10.1. The second-order valence-electron chi connectivity index (χ2n) is 4.73. The van der Waals surface area contributed by atoms with E-state index in [-0.39, 0.29) is 5.82 Å². The highest BCUT2D eigenvalue weighted by atomic mass is 19.1. The average Bonchev–Trinajstić information content (AvgIpc) is 2.85. The number of ether oxygens (including phenoxy) is 1. The van der Waals surface area contributed by atoms with Gasteiger partial charge in [-0.2, -0.15) is 0 Å². The molecule has 1 fully saturated rings. The van der Waals surface area contributed by atoms with Gasteiger partial charge >= 0.3 is 0 Å². The van der Waals surface area contributed by atoms with Crippen LogP contribution in [0.3, 0.4) is 0 Å². The summed E-state index contributed by atoms with van der Waals surface area (Å²) in [5.41, 5.74) is 1.05. The van der Waals surface area contributed by atoms with Gasteiger partial charge in [-0.05, 0) is 37.6 Å². The summed E-state index contributed by atoms with van der Waals surface area (Å²) in [5.74, 6) is 0.702. The van der Waals surface area contributed by atoms with Crippen LogP contribution in [0, 0.1) is 11.7 Å². The van der Waals surface area contributed by atoms with Crippen molar-refractivity contribution in [3.63, 3.8) is 0 Å². The zero-order chi connectivity index (χ0) is 13.0. The summed E-state index contributed by atoms with van der Waals surface area (Å²) >= 11 is 0. The van der Waals surface area contributed by atoms with Gasteiger partial charge in [-0.25, -0.2) is 4.39 Å². The van der Waals surface area contributed by atoms with Crippen molar-refractivity contribution >= 4 is 5.69 Å². The van der Waals surface area contributed by atoms with Crippen molar-refractivity contribution in [3.05, 3.63) is 24.0 Å². The quantitative estimate of drug-likeness (QED) is 0.870. The molecule has 1 aromatic rings. The van der Waals surface area contributed by atoms with Crippen molar-refractivity contribution in [3.8, 4) is 5.75 Å². The van der Waals surface area contributed by atoms with Crippen molar-refractivity contribution in [1.29, 1.82) is 0 Å². The smallest absolute Gasteiger partial charge is 0.165 e. The number of hydrogen-bond donors (Lipinski definition) is 1. The molecule has 18 heavy (non-hydrogen) atoms. The van der Waals surface area contributed by atoms with Gasteiger partial charge in [0.05, 0.1) is 7.11 Å². The molecule has 3 nitrogen and oxygen atoms in total. The van der Waals surface area contributed by atoms with Gasteiger partial charge in [0.2, 0.25) is 0 Å². The molecule has 1 heterocycles. The van der Waals surface area contributed by atoms with E-state index in [1.807, 2.05) is 6.07 Å². The van der Waals surface area contributed by atoms with E-state index in [9.17, 15) is 4.39 Å². The molecule has 1 N–H and O–H groups in total. The fourth-order valence-corrected chi connectivity index (χ4v) is 2.43. The molecule has 2 rings (SSSR count). The van der Waals surface area contributed by atoms with Crippen LogP contribution in [-0.2, 0) is 0 Å². The van der Waals surface area contributed by atoms with E-state index in [4.69, 9.17) is 4.74 Å². The predicted octanol–water partition coefficient (Wildman–Crippen LogP) is 2.27. The Balaban J connectivity index is 2.00. The fraction of sp³-hybridized carbons (Fsp3) is 0.571. The fourth-order valence-electron chi connectivity index (χ4n) is 2.43. The molecule has 1 aliphatic rings. The van der Waals surface area contributed by atoms with Crippen LogP contribution in [-0.4, -0.2) is 33.3 Å². The van der Waals surface area contributed by atoms with E-state index in [2.05, 4.69) is 17.1 Å². The molecule has 1 aliphatic heterocycles. The number of methoxy groups -OCH3 is 1. The average molecular weight is 252 g/mol. The minimum Gasteiger partial charge on any atom is -0.494 e. The maximum atomic E-state index is 13.3. The highest BCUT2D eigenvalue weighted by molar-refractivity contribution is 5.52. The number of benzene rings is 1. The summed E-state index contributed by atoms with van der Waals surface area (Å²) in [7, 11) is 1.50. The van der Waals surface area contributed by atoms with Gasteiger partial charge in [0.1, 0.15) is 0 Å². The summed E-state index contributed by atoms with van der Waals surface area (Å²) in [6, 6.07) is 5.09. The molecule has 1 atom stereocenters. The van der Waals surface area contributed by atoms with Crippen LogP contribution < -0.4 is 15.0 Å². The normalized spacial score (nSPS) is 19.3. The summed E-state index contributed by atoms with van der Waals surface area (Å²) in [5, 5.41) is 3.38. The van der Waals surface area contributed by atoms with Gasteiger partial charge in [0.15, 0.2) is 11.6 Å². The standard InChI is InChI=1S/C14H21FN2O/c1-3-16-9-11-6-7-17(10-11)12-4-5-13(15)14(8-12)18-2/h4-5,8,11,16H,3,6-7,9-10H2,1-2H3. The van der Waals surface area contributed by atoms with Crippen molar-refractivity contribution in [2.75, 3.05) is 38.2 Å². The molecular formula is C14H21FN2O. The highest BCUT2D eigenvalue weighted by Gasteiger charge is 2.22. The van der Waals surface area contributed by atoms with Crippen LogP contribution in [0.15, 0.2) is 18.2 Å². The molecule has 0 bridgehead atoms. The molecule has 1 unspecified atom stereocenters. The first-order valence-electron chi connectivity index (χ1n) is 6.53. The SMILES string of the molecule is CCNCC1CCN(c2ccc(F)c(OC)c2)C1. The van der Waals surface area contributed by atoms with Gasteiger partial charge in [-0.3, -0.25) is 0 Å². The van der Waals surface area contributed by atoms with Crippen LogP contribution in [0.25, 0.3) is 0 Å². The molecule has 0 saturated carbocycles. The van der Waals surface area contributed by atoms with E-state index in [0.29, 0.717) is 11.7 Å². The monoisotopic (exact) mass is 252 g/mol. The van der Waals surface area contributed by atoms with Gasteiger partial charge in [-0.15, -0.1) is 0 Å². The molecule has 0 spiro atoms. The van der Waals surface area contributed by atoms with Crippen molar-refractivity contribution in [2.45, 2.75) is 13.3 Å².